The maximum absolute atomic E-state index is 10.4. The molecular formula is C5H7NOS. The first-order chi connectivity index (χ1) is 3.81. The molecule has 1 amide bonds. The lowest BCUT2D eigenvalue weighted by atomic mass is 10.4. The molecule has 1 N–H and O–H groups in total. The predicted molar refractivity (Wildman–Crippen MR) is 36.6 cm³/mol. The molecule has 0 unspecified atom stereocenters. The second kappa shape index (κ2) is 4.46. The van der Waals surface area contributed by atoms with Crippen LogP contribution in [-0.4, -0.2) is 11.4 Å². The molecule has 0 heterocycles. The summed E-state index contributed by atoms with van der Waals surface area (Å²) in [5, 5.41) is 2.33. The second-order valence-electron chi connectivity index (χ2n) is 1.18. The van der Waals surface area contributed by atoms with Crippen molar-refractivity contribution < 1.29 is 4.79 Å². The molecule has 0 aliphatic heterocycles. The van der Waals surface area contributed by atoms with Gasteiger partial charge in [0.05, 0.1) is 5.49 Å². The molecule has 0 saturated heterocycles. The van der Waals surface area contributed by atoms with Gasteiger partial charge in [-0.2, -0.15) is 0 Å². The molecule has 44 valence electrons. The van der Waals surface area contributed by atoms with Crippen molar-refractivity contribution in [3.63, 3.8) is 0 Å². The Balaban J connectivity index is 3.32. The molecule has 0 radical (unpaired) electrons. The molecule has 0 aromatic carbocycles. The van der Waals surface area contributed by atoms with Crippen molar-refractivity contribution in [1.82, 2.24) is 5.32 Å². The van der Waals surface area contributed by atoms with Gasteiger partial charge in [-0.1, -0.05) is 18.3 Å². The lowest BCUT2D eigenvalue weighted by Crippen LogP contribution is -2.18. The minimum Gasteiger partial charge on any atom is -0.323 e. The van der Waals surface area contributed by atoms with E-state index in [-0.39, 0.29) is 5.91 Å². The molecule has 2 nitrogen and oxygen atoms in total. The van der Waals surface area contributed by atoms with E-state index in [0.29, 0.717) is 6.42 Å². The highest BCUT2D eigenvalue weighted by Crippen LogP contribution is 1.75. The van der Waals surface area contributed by atoms with Gasteiger partial charge in [0.25, 0.3) is 0 Å². The number of thiocarbonyl (C=S) groups is 1. The Morgan fingerprint density at radius 2 is 2.50 bits per heavy atom. The summed E-state index contributed by atoms with van der Waals surface area (Å²) >= 11 is 4.35. The van der Waals surface area contributed by atoms with Gasteiger partial charge in [0, 0.05) is 6.42 Å². The van der Waals surface area contributed by atoms with Crippen LogP contribution in [0.1, 0.15) is 6.42 Å². The van der Waals surface area contributed by atoms with E-state index in [1.807, 2.05) is 0 Å². The zero-order chi connectivity index (χ0) is 6.41. The van der Waals surface area contributed by atoms with Crippen LogP contribution in [0.3, 0.4) is 0 Å². The highest BCUT2D eigenvalue weighted by Gasteiger charge is 1.89. The molecule has 0 saturated carbocycles. The number of nitrogens with one attached hydrogen (secondary N) is 1. The van der Waals surface area contributed by atoms with Gasteiger partial charge in [-0.05, 0) is 0 Å². The SMILES string of the molecule is C=CCC(=O)NC=S. The Labute approximate surface area is 53.6 Å². The van der Waals surface area contributed by atoms with Crippen molar-refractivity contribution in [2.24, 2.45) is 0 Å². The number of rotatable bonds is 3. The van der Waals surface area contributed by atoms with E-state index >= 15 is 0 Å². The minimum absolute atomic E-state index is 0.116. The third kappa shape index (κ3) is 3.49. The molecule has 0 atom stereocenters. The summed E-state index contributed by atoms with van der Waals surface area (Å²) in [5.74, 6) is -0.116. The van der Waals surface area contributed by atoms with Gasteiger partial charge in [0.15, 0.2) is 0 Å². The molecule has 0 spiro atoms. The highest BCUT2D eigenvalue weighted by atomic mass is 32.1. The standard InChI is InChI=1S/C5H7NOS/c1-2-3-5(7)6-4-8/h2,4H,1,3H2,(H,6,7,8). The Morgan fingerprint density at radius 3 is 2.88 bits per heavy atom. The van der Waals surface area contributed by atoms with Crippen molar-refractivity contribution in [2.75, 3.05) is 0 Å². The summed E-state index contributed by atoms with van der Waals surface area (Å²) in [6, 6.07) is 0. The number of carbonyl (C=O) groups is 1. The zero-order valence-corrected chi connectivity index (χ0v) is 5.20. The zero-order valence-electron chi connectivity index (χ0n) is 4.39. The van der Waals surface area contributed by atoms with Crippen LogP contribution in [0, 0.1) is 0 Å². The van der Waals surface area contributed by atoms with Crippen LogP contribution in [0.5, 0.6) is 0 Å². The van der Waals surface area contributed by atoms with Gasteiger partial charge in [0.2, 0.25) is 5.91 Å². The van der Waals surface area contributed by atoms with Crippen molar-refractivity contribution in [3.8, 4) is 0 Å². The summed E-state index contributed by atoms with van der Waals surface area (Å²) in [7, 11) is 0. The highest BCUT2D eigenvalue weighted by molar-refractivity contribution is 7.78. The average Bonchev–Trinajstić information content (AvgIpc) is 1.68. The van der Waals surface area contributed by atoms with Crippen molar-refractivity contribution in [3.05, 3.63) is 12.7 Å². The van der Waals surface area contributed by atoms with Gasteiger partial charge < -0.3 is 5.32 Å². The van der Waals surface area contributed by atoms with Gasteiger partial charge in [-0.3, -0.25) is 4.79 Å². The fourth-order valence-corrected chi connectivity index (χ4v) is 0.387. The molecule has 3 heteroatoms. The lowest BCUT2D eigenvalue weighted by molar-refractivity contribution is -0.118. The summed E-state index contributed by atoms with van der Waals surface area (Å²) in [4.78, 5) is 10.4. The normalized spacial score (nSPS) is 7.50. The largest absolute Gasteiger partial charge is 0.323 e. The number of hydrogen-bond donors (Lipinski definition) is 1. The Morgan fingerprint density at radius 1 is 1.88 bits per heavy atom. The first kappa shape index (κ1) is 7.30. The molecule has 0 aliphatic rings. The third-order valence-corrected chi connectivity index (χ3v) is 0.667. The Kier molecular flexibility index (Phi) is 4.07. The second-order valence-corrected chi connectivity index (χ2v) is 1.41. The van der Waals surface area contributed by atoms with E-state index < -0.39 is 0 Å². The van der Waals surface area contributed by atoms with E-state index in [0.717, 1.165) is 0 Å². The van der Waals surface area contributed by atoms with Crippen LogP contribution < -0.4 is 5.32 Å². The van der Waals surface area contributed by atoms with Crippen LogP contribution >= 0.6 is 12.2 Å². The number of amides is 1. The van der Waals surface area contributed by atoms with Crippen LogP contribution in [0.15, 0.2) is 12.7 Å². The first-order valence-corrected chi connectivity index (χ1v) is 2.62. The summed E-state index contributed by atoms with van der Waals surface area (Å²) in [6.07, 6.45) is 1.85. The van der Waals surface area contributed by atoms with Crippen LogP contribution in [0.2, 0.25) is 0 Å². The number of hydrogen-bond acceptors (Lipinski definition) is 2. The van der Waals surface area contributed by atoms with E-state index in [1.165, 1.54) is 11.6 Å². The third-order valence-electron chi connectivity index (χ3n) is 0.550. The maximum atomic E-state index is 10.4. The monoisotopic (exact) mass is 129 g/mol. The fourth-order valence-electron chi connectivity index (χ4n) is 0.256. The average molecular weight is 129 g/mol. The van der Waals surface area contributed by atoms with Gasteiger partial charge in [-0.15, -0.1) is 6.58 Å². The molecule has 0 fully saturated rings. The molecule has 0 bridgehead atoms. The molecule has 8 heavy (non-hydrogen) atoms. The molecule has 0 aromatic heterocycles. The predicted octanol–water partition coefficient (Wildman–Crippen LogP) is 0.636. The molecule has 0 aliphatic carbocycles. The van der Waals surface area contributed by atoms with Crippen LogP contribution in [-0.2, 0) is 4.79 Å². The lowest BCUT2D eigenvalue weighted by Gasteiger charge is -1.89. The molecule has 0 rings (SSSR count). The van der Waals surface area contributed by atoms with Crippen LogP contribution in [0.4, 0.5) is 0 Å². The summed E-state index contributed by atoms with van der Waals surface area (Å²) in [6.45, 7) is 3.37. The maximum Gasteiger partial charge on any atom is 0.228 e. The van der Waals surface area contributed by atoms with Crippen molar-refractivity contribution >= 4 is 23.6 Å². The Hall–Kier alpha value is -0.700. The first-order valence-electron chi connectivity index (χ1n) is 2.15. The van der Waals surface area contributed by atoms with Gasteiger partial charge >= 0.3 is 0 Å². The van der Waals surface area contributed by atoms with E-state index in [4.69, 9.17) is 0 Å². The quantitative estimate of drug-likeness (QED) is 0.447. The topological polar surface area (TPSA) is 29.1 Å². The van der Waals surface area contributed by atoms with E-state index in [9.17, 15) is 4.79 Å². The van der Waals surface area contributed by atoms with Crippen LogP contribution in [0.25, 0.3) is 0 Å². The van der Waals surface area contributed by atoms with Gasteiger partial charge in [0.1, 0.15) is 0 Å². The number of carbonyl (C=O) groups excluding carboxylic acids is 1. The van der Waals surface area contributed by atoms with Crippen molar-refractivity contribution in [2.45, 2.75) is 6.42 Å². The van der Waals surface area contributed by atoms with Crippen molar-refractivity contribution in [1.29, 1.82) is 0 Å². The van der Waals surface area contributed by atoms with E-state index in [1.54, 1.807) is 0 Å². The smallest absolute Gasteiger partial charge is 0.228 e. The summed E-state index contributed by atoms with van der Waals surface area (Å²) < 4.78 is 0. The van der Waals surface area contributed by atoms with E-state index in [2.05, 4.69) is 24.1 Å². The fraction of sp³-hybridized carbons (Fsp3) is 0.200. The Bertz CT molecular complexity index is 99.0. The molecule has 0 aromatic rings. The molecular weight excluding hydrogens is 122 g/mol. The summed E-state index contributed by atoms with van der Waals surface area (Å²) in [5.41, 5.74) is 1.19. The minimum atomic E-state index is -0.116. The van der Waals surface area contributed by atoms with Gasteiger partial charge in [-0.25, -0.2) is 0 Å².